The van der Waals surface area contributed by atoms with Gasteiger partial charge in [-0.15, -0.1) is 0 Å². The van der Waals surface area contributed by atoms with Crippen LogP contribution in [-0.4, -0.2) is 78.7 Å². The minimum Gasteiger partial charge on any atom is -0.491 e. The Morgan fingerprint density at radius 3 is 2.57 bits per heavy atom. The summed E-state index contributed by atoms with van der Waals surface area (Å²) in [5.41, 5.74) is 1.88. The van der Waals surface area contributed by atoms with E-state index in [1.807, 2.05) is 19.1 Å². The van der Waals surface area contributed by atoms with E-state index >= 15 is 0 Å². The van der Waals surface area contributed by atoms with Crippen LogP contribution in [0, 0.1) is 5.92 Å². The Labute approximate surface area is 218 Å². The number of carbonyl (C=O) groups is 3. The summed E-state index contributed by atoms with van der Waals surface area (Å²) in [4.78, 5) is 40.9. The van der Waals surface area contributed by atoms with E-state index in [9.17, 15) is 19.5 Å². The maximum Gasteiger partial charge on any atom is 0.336 e. The molecule has 0 saturated heterocycles. The fourth-order valence-corrected chi connectivity index (χ4v) is 4.48. The van der Waals surface area contributed by atoms with Crippen molar-refractivity contribution in [2.75, 3.05) is 39.2 Å². The number of benzene rings is 2. The number of aromatic carboxylic acids is 1. The molecule has 0 bridgehead atoms. The highest BCUT2D eigenvalue weighted by atomic mass is 16.5. The van der Waals surface area contributed by atoms with Crippen molar-refractivity contribution in [3.8, 4) is 5.75 Å². The van der Waals surface area contributed by atoms with Crippen LogP contribution in [0.4, 0.5) is 5.69 Å². The van der Waals surface area contributed by atoms with Gasteiger partial charge < -0.3 is 24.8 Å². The van der Waals surface area contributed by atoms with E-state index in [0.29, 0.717) is 43.1 Å². The van der Waals surface area contributed by atoms with Crippen molar-refractivity contribution in [1.82, 2.24) is 9.80 Å². The second kappa shape index (κ2) is 12.7. The molecule has 1 aliphatic rings. The van der Waals surface area contributed by atoms with Crippen LogP contribution in [0.5, 0.6) is 5.75 Å². The summed E-state index contributed by atoms with van der Waals surface area (Å²) in [5.74, 6) is -0.872. The second-order valence-electron chi connectivity index (χ2n) is 9.60. The first-order valence-electron chi connectivity index (χ1n) is 12.5. The molecule has 37 heavy (non-hydrogen) atoms. The highest BCUT2D eigenvalue weighted by Crippen LogP contribution is 2.27. The van der Waals surface area contributed by atoms with Gasteiger partial charge in [0.25, 0.3) is 5.91 Å². The largest absolute Gasteiger partial charge is 0.491 e. The molecule has 2 aromatic rings. The Balaban J connectivity index is 1.97. The number of hydrogen-bond acceptors (Lipinski definition) is 6. The van der Waals surface area contributed by atoms with E-state index in [1.54, 1.807) is 56.3 Å². The fourth-order valence-electron chi connectivity index (χ4n) is 4.48. The molecule has 0 spiro atoms. The average molecular weight is 512 g/mol. The quantitative estimate of drug-likeness (QED) is 0.608. The Kier molecular flexibility index (Phi) is 9.66. The molecule has 9 nitrogen and oxygen atoms in total. The zero-order valence-electron chi connectivity index (χ0n) is 22.2. The van der Waals surface area contributed by atoms with E-state index < -0.39 is 5.97 Å². The first kappa shape index (κ1) is 28.1. The van der Waals surface area contributed by atoms with Gasteiger partial charge in [-0.1, -0.05) is 32.0 Å². The van der Waals surface area contributed by atoms with Crippen molar-refractivity contribution in [2.24, 2.45) is 5.92 Å². The number of methoxy groups -OCH3 is 1. The van der Waals surface area contributed by atoms with Crippen molar-refractivity contribution in [3.05, 3.63) is 59.2 Å². The van der Waals surface area contributed by atoms with Gasteiger partial charge in [0.15, 0.2) is 0 Å². The number of carboxylic acids is 1. The van der Waals surface area contributed by atoms with E-state index in [1.165, 1.54) is 0 Å². The molecule has 0 aromatic heterocycles. The number of anilines is 1. The third-order valence-corrected chi connectivity index (χ3v) is 6.80. The lowest BCUT2D eigenvalue weighted by Gasteiger charge is -2.36. The average Bonchev–Trinajstić information content (AvgIpc) is 2.89. The molecular formula is C28H37N3O6. The summed E-state index contributed by atoms with van der Waals surface area (Å²) in [6, 6.07) is 12.0. The summed E-state index contributed by atoms with van der Waals surface area (Å²) in [6.45, 7) is 7.53. The predicted molar refractivity (Wildman–Crippen MR) is 141 cm³/mol. The molecule has 3 rings (SSSR count). The van der Waals surface area contributed by atoms with Crippen LogP contribution < -0.4 is 10.1 Å². The molecule has 0 aliphatic carbocycles. The number of ether oxygens (including phenoxy) is 2. The first-order valence-corrected chi connectivity index (χ1v) is 12.5. The Morgan fingerprint density at radius 2 is 1.89 bits per heavy atom. The SMILES string of the molecule is CCC(=O)Nc1ccc2c(c1)C(=O)N(C)C[C@H](OC)[C@@H](C)CN(Cc1ccccc1C(=O)O)[C@H](C)CO2. The third-order valence-electron chi connectivity index (χ3n) is 6.80. The van der Waals surface area contributed by atoms with Crippen molar-refractivity contribution >= 4 is 23.5 Å². The van der Waals surface area contributed by atoms with E-state index in [0.717, 1.165) is 5.56 Å². The number of fused-ring (bicyclic) bond motifs is 1. The van der Waals surface area contributed by atoms with Gasteiger partial charge in [-0.05, 0) is 42.7 Å². The molecule has 9 heteroatoms. The van der Waals surface area contributed by atoms with E-state index in [-0.39, 0.29) is 42.0 Å². The zero-order chi connectivity index (χ0) is 27.1. The predicted octanol–water partition coefficient (Wildman–Crippen LogP) is 3.74. The lowest BCUT2D eigenvalue weighted by molar-refractivity contribution is -0.115. The van der Waals surface area contributed by atoms with Gasteiger partial charge in [0.05, 0.1) is 17.2 Å². The zero-order valence-corrected chi connectivity index (χ0v) is 22.2. The number of nitrogens with zero attached hydrogens (tertiary/aromatic N) is 2. The highest BCUT2D eigenvalue weighted by Gasteiger charge is 2.29. The fraction of sp³-hybridized carbons (Fsp3) is 0.464. The number of rotatable bonds is 6. The lowest BCUT2D eigenvalue weighted by Crippen LogP contribution is -2.46. The molecule has 200 valence electrons. The van der Waals surface area contributed by atoms with Crippen LogP contribution in [0.1, 0.15) is 53.5 Å². The Morgan fingerprint density at radius 1 is 1.16 bits per heavy atom. The van der Waals surface area contributed by atoms with E-state index in [2.05, 4.69) is 17.1 Å². The van der Waals surface area contributed by atoms with Gasteiger partial charge >= 0.3 is 5.97 Å². The Bertz CT molecular complexity index is 1120. The van der Waals surface area contributed by atoms with Gasteiger partial charge in [0, 0.05) is 51.9 Å². The third kappa shape index (κ3) is 7.08. The standard InChI is InChI=1S/C28H37N3O6/c1-6-26(32)29-21-11-12-24-23(13-21)27(33)30(4)16-25(36-5)18(2)14-31(19(3)17-37-24)15-20-9-7-8-10-22(20)28(34)35/h7-13,18-19,25H,6,14-17H2,1-5H3,(H,29,32)(H,34,35)/t18-,19+,25-/m0/s1. The molecule has 0 radical (unpaired) electrons. The summed E-state index contributed by atoms with van der Waals surface area (Å²) < 4.78 is 12.0. The van der Waals surface area contributed by atoms with Crippen LogP contribution >= 0.6 is 0 Å². The number of carbonyl (C=O) groups excluding carboxylic acids is 2. The molecule has 2 aromatic carbocycles. The molecule has 0 saturated carbocycles. The molecule has 1 aliphatic heterocycles. The molecule has 0 unspecified atom stereocenters. The molecular weight excluding hydrogens is 474 g/mol. The van der Waals surface area contributed by atoms with E-state index in [4.69, 9.17) is 9.47 Å². The summed E-state index contributed by atoms with van der Waals surface area (Å²) in [7, 11) is 3.35. The lowest BCUT2D eigenvalue weighted by atomic mass is 10.00. The van der Waals surface area contributed by atoms with Crippen LogP contribution in [0.25, 0.3) is 0 Å². The second-order valence-corrected chi connectivity index (χ2v) is 9.60. The minimum absolute atomic E-state index is 0.0359. The van der Waals surface area contributed by atoms with Crippen LogP contribution in [-0.2, 0) is 16.1 Å². The molecule has 2 N–H and O–H groups in total. The maximum absolute atomic E-state index is 13.4. The smallest absolute Gasteiger partial charge is 0.336 e. The number of amides is 2. The van der Waals surface area contributed by atoms with Gasteiger partial charge in [0.1, 0.15) is 12.4 Å². The van der Waals surface area contributed by atoms with Crippen molar-refractivity contribution in [1.29, 1.82) is 0 Å². The van der Waals surface area contributed by atoms with Gasteiger partial charge in [-0.3, -0.25) is 14.5 Å². The van der Waals surface area contributed by atoms with Crippen LogP contribution in [0.2, 0.25) is 0 Å². The van der Waals surface area contributed by atoms with Crippen molar-refractivity contribution < 1.29 is 29.0 Å². The normalized spacial score (nSPS) is 21.3. The van der Waals surface area contributed by atoms with Crippen molar-refractivity contribution in [3.63, 3.8) is 0 Å². The number of nitrogens with one attached hydrogen (secondary N) is 1. The summed E-state index contributed by atoms with van der Waals surface area (Å²) >= 11 is 0. The summed E-state index contributed by atoms with van der Waals surface area (Å²) in [6.07, 6.45) is 0.0813. The monoisotopic (exact) mass is 511 g/mol. The summed E-state index contributed by atoms with van der Waals surface area (Å²) in [5, 5.41) is 12.5. The van der Waals surface area contributed by atoms with Crippen molar-refractivity contribution in [2.45, 2.75) is 45.9 Å². The van der Waals surface area contributed by atoms with Crippen LogP contribution in [0.15, 0.2) is 42.5 Å². The van der Waals surface area contributed by atoms with Gasteiger partial charge in [-0.2, -0.15) is 0 Å². The highest BCUT2D eigenvalue weighted by molar-refractivity contribution is 5.99. The molecule has 1 heterocycles. The first-order chi connectivity index (χ1) is 17.6. The Hall–Kier alpha value is -3.43. The van der Waals surface area contributed by atoms with Crippen LogP contribution in [0.3, 0.4) is 0 Å². The number of carboxylic acid groups (broad SMARTS) is 1. The minimum atomic E-state index is -0.961. The topological polar surface area (TPSA) is 108 Å². The maximum atomic E-state index is 13.4. The number of hydrogen-bond donors (Lipinski definition) is 2. The number of likely N-dealkylation sites (N-methyl/N-ethyl adjacent to an activating group) is 1. The molecule has 2 amide bonds. The van der Waals surface area contributed by atoms with Gasteiger partial charge in [0.2, 0.25) is 5.91 Å². The molecule has 0 fully saturated rings. The molecule has 3 atom stereocenters. The van der Waals surface area contributed by atoms with Gasteiger partial charge in [-0.25, -0.2) is 4.79 Å².